The number of hydrogen-bond acceptors (Lipinski definition) is 4. The number of ether oxygens (including phenoxy) is 2. The van der Waals surface area contributed by atoms with Crippen molar-refractivity contribution >= 4 is 0 Å². The standard InChI is InChI=1S/C11H16O4/c1-8(13)10-4-3-9(14-2)7-11(10)15-6-5-12/h3-4,7-8,12-13H,5-6H2,1-2H3. The molecule has 0 aliphatic heterocycles. The van der Waals surface area contributed by atoms with Crippen LogP contribution >= 0.6 is 0 Å². The summed E-state index contributed by atoms with van der Waals surface area (Å²) in [5.74, 6) is 1.20. The van der Waals surface area contributed by atoms with E-state index in [0.717, 1.165) is 0 Å². The third-order valence-electron chi connectivity index (χ3n) is 2.02. The second kappa shape index (κ2) is 5.58. The Balaban J connectivity index is 2.94. The zero-order valence-electron chi connectivity index (χ0n) is 8.93. The highest BCUT2D eigenvalue weighted by Gasteiger charge is 2.10. The number of methoxy groups -OCH3 is 1. The maximum absolute atomic E-state index is 9.48. The predicted octanol–water partition coefficient (Wildman–Crippen LogP) is 1.12. The Morgan fingerprint density at radius 3 is 2.67 bits per heavy atom. The van der Waals surface area contributed by atoms with E-state index in [1.54, 1.807) is 32.2 Å². The maximum Gasteiger partial charge on any atom is 0.128 e. The minimum atomic E-state index is -0.607. The lowest BCUT2D eigenvalue weighted by molar-refractivity contribution is 0.176. The molecule has 0 amide bonds. The third-order valence-corrected chi connectivity index (χ3v) is 2.02. The summed E-state index contributed by atoms with van der Waals surface area (Å²) >= 11 is 0. The summed E-state index contributed by atoms with van der Waals surface area (Å²) in [4.78, 5) is 0. The quantitative estimate of drug-likeness (QED) is 0.768. The van der Waals surface area contributed by atoms with Crippen LogP contribution in [0.25, 0.3) is 0 Å². The highest BCUT2D eigenvalue weighted by atomic mass is 16.5. The van der Waals surface area contributed by atoms with Gasteiger partial charge in [0.25, 0.3) is 0 Å². The molecule has 0 spiro atoms. The van der Waals surface area contributed by atoms with Gasteiger partial charge in [-0.2, -0.15) is 0 Å². The van der Waals surface area contributed by atoms with Crippen molar-refractivity contribution in [2.45, 2.75) is 13.0 Å². The zero-order chi connectivity index (χ0) is 11.3. The fourth-order valence-corrected chi connectivity index (χ4v) is 1.27. The van der Waals surface area contributed by atoms with Crippen molar-refractivity contribution in [2.75, 3.05) is 20.3 Å². The average molecular weight is 212 g/mol. The first kappa shape index (κ1) is 11.8. The zero-order valence-corrected chi connectivity index (χ0v) is 8.93. The van der Waals surface area contributed by atoms with Gasteiger partial charge in [0.2, 0.25) is 0 Å². The first-order valence-electron chi connectivity index (χ1n) is 4.78. The number of hydrogen-bond donors (Lipinski definition) is 2. The van der Waals surface area contributed by atoms with Crippen LogP contribution in [0.15, 0.2) is 18.2 Å². The highest BCUT2D eigenvalue weighted by molar-refractivity contribution is 5.41. The fourth-order valence-electron chi connectivity index (χ4n) is 1.27. The van der Waals surface area contributed by atoms with Crippen molar-refractivity contribution in [3.63, 3.8) is 0 Å². The molecular weight excluding hydrogens is 196 g/mol. The van der Waals surface area contributed by atoms with Crippen molar-refractivity contribution in [2.24, 2.45) is 0 Å². The van der Waals surface area contributed by atoms with Crippen molar-refractivity contribution in [3.05, 3.63) is 23.8 Å². The Hall–Kier alpha value is -1.26. The molecule has 0 fully saturated rings. The molecule has 0 saturated carbocycles. The Bertz CT molecular complexity index is 309. The van der Waals surface area contributed by atoms with Crippen LogP contribution in [0.2, 0.25) is 0 Å². The largest absolute Gasteiger partial charge is 0.497 e. The fraction of sp³-hybridized carbons (Fsp3) is 0.455. The van der Waals surface area contributed by atoms with E-state index >= 15 is 0 Å². The van der Waals surface area contributed by atoms with Crippen LogP contribution in [0.1, 0.15) is 18.6 Å². The molecule has 4 heteroatoms. The summed E-state index contributed by atoms with van der Waals surface area (Å²) in [7, 11) is 1.56. The minimum Gasteiger partial charge on any atom is -0.497 e. The van der Waals surface area contributed by atoms with E-state index in [9.17, 15) is 5.11 Å². The van der Waals surface area contributed by atoms with Gasteiger partial charge in [0.15, 0.2) is 0 Å². The normalized spacial score (nSPS) is 12.3. The molecule has 1 aromatic rings. The van der Waals surface area contributed by atoms with Crippen molar-refractivity contribution < 1.29 is 19.7 Å². The molecule has 0 aliphatic carbocycles. The second-order valence-corrected chi connectivity index (χ2v) is 3.15. The van der Waals surface area contributed by atoms with E-state index in [1.165, 1.54) is 0 Å². The first-order chi connectivity index (χ1) is 7.19. The Morgan fingerprint density at radius 2 is 2.13 bits per heavy atom. The van der Waals surface area contributed by atoms with E-state index in [4.69, 9.17) is 14.6 Å². The molecule has 0 bridgehead atoms. The Labute approximate surface area is 89.1 Å². The highest BCUT2D eigenvalue weighted by Crippen LogP contribution is 2.29. The van der Waals surface area contributed by atoms with Gasteiger partial charge in [-0.25, -0.2) is 0 Å². The summed E-state index contributed by atoms with van der Waals surface area (Å²) < 4.78 is 10.3. The first-order valence-corrected chi connectivity index (χ1v) is 4.78. The smallest absolute Gasteiger partial charge is 0.128 e. The van der Waals surface area contributed by atoms with Gasteiger partial charge in [0, 0.05) is 11.6 Å². The molecule has 0 aliphatic rings. The van der Waals surface area contributed by atoms with Gasteiger partial charge >= 0.3 is 0 Å². The minimum absolute atomic E-state index is 0.0591. The average Bonchev–Trinajstić information content (AvgIpc) is 2.25. The van der Waals surface area contributed by atoms with Crippen LogP contribution in [0.3, 0.4) is 0 Å². The van der Waals surface area contributed by atoms with Gasteiger partial charge in [-0.05, 0) is 19.1 Å². The lowest BCUT2D eigenvalue weighted by Gasteiger charge is -2.13. The molecule has 1 aromatic carbocycles. The lowest BCUT2D eigenvalue weighted by Crippen LogP contribution is -2.05. The molecular formula is C11H16O4. The molecule has 0 radical (unpaired) electrons. The van der Waals surface area contributed by atoms with Gasteiger partial charge in [-0.1, -0.05) is 0 Å². The molecule has 15 heavy (non-hydrogen) atoms. The summed E-state index contributed by atoms with van der Waals surface area (Å²) in [5, 5.41) is 18.1. The summed E-state index contributed by atoms with van der Waals surface area (Å²) in [5.41, 5.74) is 0.684. The van der Waals surface area contributed by atoms with Gasteiger partial charge in [-0.3, -0.25) is 0 Å². The molecule has 2 N–H and O–H groups in total. The monoisotopic (exact) mass is 212 g/mol. The van der Waals surface area contributed by atoms with Crippen LogP contribution in [-0.4, -0.2) is 30.5 Å². The molecule has 1 atom stereocenters. The Morgan fingerprint density at radius 1 is 1.40 bits per heavy atom. The van der Waals surface area contributed by atoms with Gasteiger partial charge in [-0.15, -0.1) is 0 Å². The van der Waals surface area contributed by atoms with Crippen LogP contribution in [0, 0.1) is 0 Å². The van der Waals surface area contributed by atoms with Crippen molar-refractivity contribution in [3.8, 4) is 11.5 Å². The SMILES string of the molecule is COc1ccc(C(C)O)c(OCCO)c1. The molecule has 0 saturated heterocycles. The maximum atomic E-state index is 9.48. The van der Waals surface area contributed by atoms with Gasteiger partial charge in [0.05, 0.1) is 19.8 Å². The summed E-state index contributed by atoms with van der Waals surface area (Å²) in [6, 6.07) is 5.20. The number of benzene rings is 1. The molecule has 84 valence electrons. The molecule has 1 rings (SSSR count). The number of aliphatic hydroxyl groups is 2. The van der Waals surface area contributed by atoms with Crippen molar-refractivity contribution in [1.82, 2.24) is 0 Å². The van der Waals surface area contributed by atoms with Gasteiger partial charge in [0.1, 0.15) is 18.1 Å². The number of rotatable bonds is 5. The lowest BCUT2D eigenvalue weighted by atomic mass is 10.1. The molecule has 4 nitrogen and oxygen atoms in total. The second-order valence-electron chi connectivity index (χ2n) is 3.15. The van der Waals surface area contributed by atoms with Crippen molar-refractivity contribution in [1.29, 1.82) is 0 Å². The number of aliphatic hydroxyl groups excluding tert-OH is 2. The summed E-state index contributed by atoms with van der Waals surface area (Å²) in [6.45, 7) is 1.80. The third kappa shape index (κ3) is 3.11. The van der Waals surface area contributed by atoms with Crippen LogP contribution in [0.4, 0.5) is 0 Å². The van der Waals surface area contributed by atoms with E-state index in [1.807, 2.05) is 0 Å². The van der Waals surface area contributed by atoms with E-state index in [0.29, 0.717) is 17.1 Å². The molecule has 0 heterocycles. The van der Waals surface area contributed by atoms with Crippen LogP contribution < -0.4 is 9.47 Å². The van der Waals surface area contributed by atoms with Gasteiger partial charge < -0.3 is 19.7 Å². The van der Waals surface area contributed by atoms with Crippen LogP contribution in [-0.2, 0) is 0 Å². The molecule has 1 unspecified atom stereocenters. The van der Waals surface area contributed by atoms with Crippen LogP contribution in [0.5, 0.6) is 11.5 Å². The molecule has 0 aromatic heterocycles. The van der Waals surface area contributed by atoms with E-state index in [2.05, 4.69) is 0 Å². The summed E-state index contributed by atoms with van der Waals surface area (Å²) in [6.07, 6.45) is -0.607. The van der Waals surface area contributed by atoms with E-state index in [-0.39, 0.29) is 13.2 Å². The predicted molar refractivity (Wildman–Crippen MR) is 56.2 cm³/mol. The Kier molecular flexibility index (Phi) is 4.39. The van der Waals surface area contributed by atoms with E-state index < -0.39 is 6.10 Å². The topological polar surface area (TPSA) is 58.9 Å².